The first kappa shape index (κ1) is 12.7. The first-order valence-electron chi connectivity index (χ1n) is 6.82. The van der Waals surface area contributed by atoms with E-state index in [1.54, 1.807) is 0 Å². The Morgan fingerprint density at radius 1 is 1.12 bits per heavy atom. The first-order valence-corrected chi connectivity index (χ1v) is 7.98. The molecule has 0 aromatic carbocycles. The monoisotopic (exact) mass is 243 g/mol. The lowest BCUT2D eigenvalue weighted by Gasteiger charge is -2.31. The summed E-state index contributed by atoms with van der Waals surface area (Å²) < 4.78 is 0. The molecule has 2 N–H and O–H groups in total. The van der Waals surface area contributed by atoms with Crippen molar-refractivity contribution in [3.63, 3.8) is 0 Å². The Hall–Kier alpha value is 0.270. The molecule has 1 heterocycles. The lowest BCUT2D eigenvalue weighted by atomic mass is 9.94. The molecule has 1 unspecified atom stereocenters. The van der Waals surface area contributed by atoms with Crippen LogP contribution in [0.1, 0.15) is 51.4 Å². The average Bonchev–Trinajstić information content (AvgIpc) is 2.54. The van der Waals surface area contributed by atoms with Crippen LogP contribution in [0.2, 0.25) is 0 Å². The van der Waals surface area contributed by atoms with E-state index in [9.17, 15) is 5.11 Å². The minimum Gasteiger partial charge on any atom is -0.389 e. The second-order valence-electron chi connectivity index (χ2n) is 5.43. The molecule has 1 saturated carbocycles. The van der Waals surface area contributed by atoms with Crippen molar-refractivity contribution in [3.8, 4) is 0 Å². The molecule has 0 radical (unpaired) electrons. The zero-order valence-corrected chi connectivity index (χ0v) is 11.0. The third kappa shape index (κ3) is 3.94. The number of aliphatic hydroxyl groups is 1. The van der Waals surface area contributed by atoms with Gasteiger partial charge in [0.05, 0.1) is 5.60 Å². The number of rotatable bonds is 3. The maximum absolute atomic E-state index is 10.5. The molecular weight excluding hydrogens is 218 g/mol. The van der Waals surface area contributed by atoms with Crippen LogP contribution in [0.25, 0.3) is 0 Å². The topological polar surface area (TPSA) is 32.3 Å². The quantitative estimate of drug-likeness (QED) is 0.747. The molecule has 2 rings (SSSR count). The van der Waals surface area contributed by atoms with Crippen LogP contribution in [0.15, 0.2) is 0 Å². The highest BCUT2D eigenvalue weighted by atomic mass is 32.2. The summed E-state index contributed by atoms with van der Waals surface area (Å²) in [4.78, 5) is 0. The Balaban J connectivity index is 1.73. The second kappa shape index (κ2) is 6.27. The number of hydrogen-bond acceptors (Lipinski definition) is 3. The largest absolute Gasteiger partial charge is 0.389 e. The average molecular weight is 243 g/mol. The van der Waals surface area contributed by atoms with E-state index < -0.39 is 5.60 Å². The molecule has 0 aromatic heterocycles. The van der Waals surface area contributed by atoms with Crippen molar-refractivity contribution in [1.29, 1.82) is 0 Å². The molecule has 1 aliphatic carbocycles. The SMILES string of the molecule is OC1(CNC2CCCSC2)CCCCCC1. The van der Waals surface area contributed by atoms with Crippen LogP contribution < -0.4 is 5.32 Å². The van der Waals surface area contributed by atoms with Gasteiger partial charge in [-0.25, -0.2) is 0 Å². The van der Waals surface area contributed by atoms with Gasteiger partial charge in [-0.2, -0.15) is 11.8 Å². The molecule has 94 valence electrons. The van der Waals surface area contributed by atoms with E-state index in [-0.39, 0.29) is 0 Å². The van der Waals surface area contributed by atoms with Crippen LogP contribution in [0, 0.1) is 0 Å². The molecule has 1 atom stereocenters. The summed E-state index contributed by atoms with van der Waals surface area (Å²) in [5.41, 5.74) is -0.404. The van der Waals surface area contributed by atoms with E-state index in [1.165, 1.54) is 50.0 Å². The third-order valence-electron chi connectivity index (χ3n) is 3.91. The van der Waals surface area contributed by atoms with Gasteiger partial charge in [0.25, 0.3) is 0 Å². The van der Waals surface area contributed by atoms with Crippen molar-refractivity contribution in [2.75, 3.05) is 18.1 Å². The smallest absolute Gasteiger partial charge is 0.0771 e. The van der Waals surface area contributed by atoms with E-state index in [1.807, 2.05) is 11.8 Å². The van der Waals surface area contributed by atoms with E-state index in [0.29, 0.717) is 6.04 Å². The van der Waals surface area contributed by atoms with Gasteiger partial charge in [0.1, 0.15) is 0 Å². The van der Waals surface area contributed by atoms with Crippen LogP contribution in [-0.2, 0) is 0 Å². The van der Waals surface area contributed by atoms with Gasteiger partial charge in [0, 0.05) is 18.3 Å². The van der Waals surface area contributed by atoms with Gasteiger partial charge >= 0.3 is 0 Å². The molecule has 2 aliphatic rings. The Labute approximate surface area is 104 Å². The predicted molar refractivity (Wildman–Crippen MR) is 71.0 cm³/mol. The molecule has 2 fully saturated rings. The highest BCUT2D eigenvalue weighted by Gasteiger charge is 2.28. The van der Waals surface area contributed by atoms with E-state index in [4.69, 9.17) is 0 Å². The lowest BCUT2D eigenvalue weighted by Crippen LogP contribution is -2.45. The molecule has 2 nitrogen and oxygen atoms in total. The maximum atomic E-state index is 10.5. The molecule has 16 heavy (non-hydrogen) atoms. The summed E-state index contributed by atoms with van der Waals surface area (Å²) in [5.74, 6) is 2.55. The number of nitrogens with one attached hydrogen (secondary N) is 1. The van der Waals surface area contributed by atoms with Crippen LogP contribution in [0.3, 0.4) is 0 Å². The highest BCUT2D eigenvalue weighted by molar-refractivity contribution is 7.99. The fourth-order valence-corrected chi connectivity index (χ4v) is 3.91. The number of thioether (sulfide) groups is 1. The van der Waals surface area contributed by atoms with E-state index >= 15 is 0 Å². The highest BCUT2D eigenvalue weighted by Crippen LogP contribution is 2.27. The molecule has 1 aliphatic heterocycles. The summed E-state index contributed by atoms with van der Waals surface area (Å²) in [6, 6.07) is 0.644. The van der Waals surface area contributed by atoms with Crippen LogP contribution in [-0.4, -0.2) is 34.8 Å². The summed E-state index contributed by atoms with van der Waals surface area (Å²) in [5, 5.41) is 14.1. The summed E-state index contributed by atoms with van der Waals surface area (Å²) >= 11 is 2.05. The molecule has 0 amide bonds. The van der Waals surface area contributed by atoms with Crippen LogP contribution in [0.5, 0.6) is 0 Å². The van der Waals surface area contributed by atoms with E-state index in [0.717, 1.165) is 19.4 Å². The van der Waals surface area contributed by atoms with Crippen LogP contribution >= 0.6 is 11.8 Å². The normalized spacial score (nSPS) is 30.9. The Kier molecular flexibility index (Phi) is 4.98. The van der Waals surface area contributed by atoms with Gasteiger partial charge in [-0.3, -0.25) is 0 Å². The van der Waals surface area contributed by atoms with Crippen LogP contribution in [0.4, 0.5) is 0 Å². The van der Waals surface area contributed by atoms with Gasteiger partial charge in [-0.1, -0.05) is 25.7 Å². The summed E-state index contributed by atoms with van der Waals surface area (Å²) in [6.07, 6.45) is 9.65. The first-order chi connectivity index (χ1) is 7.79. The van der Waals surface area contributed by atoms with Gasteiger partial charge in [0.15, 0.2) is 0 Å². The van der Waals surface area contributed by atoms with Gasteiger partial charge in [-0.05, 0) is 31.4 Å². The maximum Gasteiger partial charge on any atom is 0.0771 e. The van der Waals surface area contributed by atoms with Crippen molar-refractivity contribution >= 4 is 11.8 Å². The standard InChI is InChI=1S/C13H25NOS/c15-13(7-3-1-2-4-8-13)11-14-12-6-5-9-16-10-12/h12,14-15H,1-11H2. The Morgan fingerprint density at radius 2 is 1.88 bits per heavy atom. The summed E-state index contributed by atoms with van der Waals surface area (Å²) in [6.45, 7) is 0.818. The molecule has 0 spiro atoms. The van der Waals surface area contributed by atoms with Crippen molar-refractivity contribution in [2.24, 2.45) is 0 Å². The minimum atomic E-state index is -0.404. The lowest BCUT2D eigenvalue weighted by molar-refractivity contribution is 0.0230. The van der Waals surface area contributed by atoms with Crippen molar-refractivity contribution < 1.29 is 5.11 Å². The van der Waals surface area contributed by atoms with Gasteiger partial charge in [-0.15, -0.1) is 0 Å². The Morgan fingerprint density at radius 3 is 2.50 bits per heavy atom. The molecular formula is C13H25NOS. The zero-order chi connectivity index (χ0) is 11.3. The van der Waals surface area contributed by atoms with Crippen molar-refractivity contribution in [2.45, 2.75) is 63.0 Å². The van der Waals surface area contributed by atoms with Crippen molar-refractivity contribution in [1.82, 2.24) is 5.32 Å². The minimum absolute atomic E-state index is 0.404. The molecule has 3 heteroatoms. The fraction of sp³-hybridized carbons (Fsp3) is 1.00. The number of hydrogen-bond donors (Lipinski definition) is 2. The molecule has 0 bridgehead atoms. The van der Waals surface area contributed by atoms with E-state index in [2.05, 4.69) is 5.32 Å². The van der Waals surface area contributed by atoms with Gasteiger partial charge < -0.3 is 10.4 Å². The third-order valence-corrected chi connectivity index (χ3v) is 5.13. The fourth-order valence-electron chi connectivity index (χ4n) is 2.80. The summed E-state index contributed by atoms with van der Waals surface area (Å²) in [7, 11) is 0. The van der Waals surface area contributed by atoms with Crippen molar-refractivity contribution in [3.05, 3.63) is 0 Å². The zero-order valence-electron chi connectivity index (χ0n) is 10.2. The second-order valence-corrected chi connectivity index (χ2v) is 6.58. The molecule has 1 saturated heterocycles. The molecule has 0 aromatic rings. The van der Waals surface area contributed by atoms with Gasteiger partial charge in [0.2, 0.25) is 0 Å². The Bertz CT molecular complexity index is 196. The predicted octanol–water partition coefficient (Wildman–Crippen LogP) is 2.56.